The Morgan fingerprint density at radius 1 is 1.24 bits per heavy atom. The summed E-state index contributed by atoms with van der Waals surface area (Å²) in [5.41, 5.74) is 7.07. The van der Waals surface area contributed by atoms with Gasteiger partial charge in [0.05, 0.1) is 11.5 Å². The van der Waals surface area contributed by atoms with Gasteiger partial charge in [-0.3, -0.25) is 4.79 Å². The molecule has 1 fully saturated rings. The molecule has 152 valence electrons. The Morgan fingerprint density at radius 3 is 2.66 bits per heavy atom. The summed E-state index contributed by atoms with van der Waals surface area (Å²) in [5, 5.41) is 28.9. The fraction of sp³-hybridized carbons (Fsp3) is 0.368. The molecule has 4 atom stereocenters. The van der Waals surface area contributed by atoms with E-state index in [-0.39, 0.29) is 6.42 Å². The van der Waals surface area contributed by atoms with Gasteiger partial charge in [0.1, 0.15) is 30.0 Å². The second-order valence-corrected chi connectivity index (χ2v) is 6.94. The molecule has 1 aliphatic rings. The van der Waals surface area contributed by atoms with Crippen molar-refractivity contribution in [1.82, 2.24) is 19.7 Å². The van der Waals surface area contributed by atoms with Crippen molar-refractivity contribution in [3.05, 3.63) is 36.7 Å². The first-order valence-corrected chi connectivity index (χ1v) is 9.29. The number of aliphatic hydroxyl groups excluding tert-OH is 2. The van der Waals surface area contributed by atoms with Gasteiger partial charge in [-0.25, -0.2) is 14.6 Å². The number of aromatic nitrogens is 4. The summed E-state index contributed by atoms with van der Waals surface area (Å²) >= 11 is 0. The molecule has 29 heavy (non-hydrogen) atoms. The Morgan fingerprint density at radius 2 is 2.00 bits per heavy atom. The highest BCUT2D eigenvalue weighted by molar-refractivity contribution is 5.99. The maximum absolute atomic E-state index is 11.1. The van der Waals surface area contributed by atoms with Gasteiger partial charge in [-0.1, -0.05) is 30.3 Å². The monoisotopic (exact) mass is 398 g/mol. The van der Waals surface area contributed by atoms with Crippen LogP contribution in [0, 0.1) is 0 Å². The highest BCUT2D eigenvalue weighted by Crippen LogP contribution is 2.36. The molecule has 10 heteroatoms. The number of nitrogens with one attached hydrogen (secondary N) is 1. The normalized spacial score (nSPS) is 24.1. The molecule has 1 aromatic carbocycles. The van der Waals surface area contributed by atoms with E-state index in [0.29, 0.717) is 29.1 Å². The Hall–Kier alpha value is -3.08. The van der Waals surface area contributed by atoms with Crippen LogP contribution < -0.4 is 11.1 Å². The summed E-state index contributed by atoms with van der Waals surface area (Å²) in [6.07, 6.45) is -2.12. The molecule has 1 amide bonds. The van der Waals surface area contributed by atoms with E-state index in [2.05, 4.69) is 20.4 Å². The molecule has 0 unspecified atom stereocenters. The standard InChI is InChI=1S/C19H22N6O4/c1-10-15(27)16(28)19(29-10)25-18-13(14(24-25)11-5-3-2-4-6-11)17(22-9-23-18)21-8-7-12(20)26/h2-6,9-10,15-16,19,27-28H,7-8H2,1H3,(H2,20,26)(H,21,22,23)/t10-,15-,16-,19-/m1/s1. The molecule has 0 radical (unpaired) electrons. The van der Waals surface area contributed by atoms with Gasteiger partial charge in [0.2, 0.25) is 5.91 Å². The smallest absolute Gasteiger partial charge is 0.219 e. The fourth-order valence-corrected chi connectivity index (χ4v) is 3.42. The van der Waals surface area contributed by atoms with Crippen LogP contribution in [0.3, 0.4) is 0 Å². The van der Waals surface area contributed by atoms with Crippen molar-refractivity contribution in [2.24, 2.45) is 5.73 Å². The summed E-state index contributed by atoms with van der Waals surface area (Å²) < 4.78 is 7.21. The molecule has 0 saturated carbocycles. The third-order valence-electron chi connectivity index (χ3n) is 4.92. The van der Waals surface area contributed by atoms with E-state index in [9.17, 15) is 15.0 Å². The SMILES string of the molecule is C[C@H]1O[C@@H](n2nc(-c3ccccc3)c3c(NCCC(N)=O)ncnc32)[C@H](O)[C@@H]1O. The van der Waals surface area contributed by atoms with Gasteiger partial charge in [0.25, 0.3) is 0 Å². The maximum Gasteiger partial charge on any atom is 0.219 e. The number of anilines is 1. The van der Waals surface area contributed by atoms with E-state index in [0.717, 1.165) is 5.56 Å². The predicted molar refractivity (Wildman–Crippen MR) is 105 cm³/mol. The zero-order valence-electron chi connectivity index (χ0n) is 15.8. The maximum atomic E-state index is 11.1. The Labute approximate surface area is 166 Å². The number of benzene rings is 1. The van der Waals surface area contributed by atoms with Crippen LogP contribution in [-0.4, -0.2) is 60.7 Å². The van der Waals surface area contributed by atoms with Crippen molar-refractivity contribution in [3.8, 4) is 11.3 Å². The summed E-state index contributed by atoms with van der Waals surface area (Å²) in [6.45, 7) is 1.99. The number of fused-ring (bicyclic) bond motifs is 1. The topological polar surface area (TPSA) is 148 Å². The number of hydrogen-bond acceptors (Lipinski definition) is 8. The fourth-order valence-electron chi connectivity index (χ4n) is 3.42. The van der Waals surface area contributed by atoms with E-state index in [1.807, 2.05) is 30.3 Å². The minimum absolute atomic E-state index is 0.147. The van der Waals surface area contributed by atoms with Crippen LogP contribution in [0.5, 0.6) is 0 Å². The summed E-state index contributed by atoms with van der Waals surface area (Å²) in [5.74, 6) is 0.0645. The highest BCUT2D eigenvalue weighted by Gasteiger charge is 2.43. The average Bonchev–Trinajstić information content (AvgIpc) is 3.22. The number of nitrogens with two attached hydrogens (primary N) is 1. The van der Waals surface area contributed by atoms with Crippen molar-refractivity contribution < 1.29 is 19.7 Å². The lowest BCUT2D eigenvalue weighted by Crippen LogP contribution is -2.30. The van der Waals surface area contributed by atoms with Gasteiger partial charge in [0.15, 0.2) is 11.9 Å². The van der Waals surface area contributed by atoms with Crippen molar-refractivity contribution in [3.63, 3.8) is 0 Å². The quantitative estimate of drug-likeness (QED) is 0.467. The van der Waals surface area contributed by atoms with Crippen molar-refractivity contribution in [2.75, 3.05) is 11.9 Å². The Bertz CT molecular complexity index is 1020. The van der Waals surface area contributed by atoms with E-state index in [1.54, 1.807) is 6.92 Å². The molecule has 3 heterocycles. The lowest BCUT2D eigenvalue weighted by Gasteiger charge is -2.15. The largest absolute Gasteiger partial charge is 0.388 e. The minimum atomic E-state index is -1.15. The number of hydrogen-bond donors (Lipinski definition) is 4. The average molecular weight is 398 g/mol. The number of nitrogens with zero attached hydrogens (tertiary/aromatic N) is 4. The Kier molecular flexibility index (Phi) is 5.14. The molecule has 2 aromatic heterocycles. The number of amides is 1. The summed E-state index contributed by atoms with van der Waals surface area (Å²) in [7, 11) is 0. The molecule has 1 saturated heterocycles. The second kappa shape index (κ2) is 7.74. The predicted octanol–water partition coefficient (Wildman–Crippen LogP) is 0.420. The van der Waals surface area contributed by atoms with Crippen LogP contribution in [0.25, 0.3) is 22.3 Å². The Balaban J connectivity index is 1.85. The molecule has 1 aliphatic heterocycles. The third-order valence-corrected chi connectivity index (χ3v) is 4.92. The van der Waals surface area contributed by atoms with E-state index in [1.165, 1.54) is 11.0 Å². The first-order chi connectivity index (χ1) is 14.0. The van der Waals surface area contributed by atoms with Crippen LogP contribution >= 0.6 is 0 Å². The van der Waals surface area contributed by atoms with Gasteiger partial charge in [-0.15, -0.1) is 0 Å². The van der Waals surface area contributed by atoms with Gasteiger partial charge in [-0.05, 0) is 6.92 Å². The first-order valence-electron chi connectivity index (χ1n) is 9.29. The van der Waals surface area contributed by atoms with Crippen molar-refractivity contribution >= 4 is 22.8 Å². The molecule has 3 aromatic rings. The number of carbonyl (C=O) groups is 1. The molecule has 0 aliphatic carbocycles. The molecule has 0 bridgehead atoms. The zero-order valence-corrected chi connectivity index (χ0v) is 15.8. The molecule has 5 N–H and O–H groups in total. The highest BCUT2D eigenvalue weighted by atomic mass is 16.6. The molecular formula is C19H22N6O4. The zero-order chi connectivity index (χ0) is 20.5. The van der Waals surface area contributed by atoms with Gasteiger partial charge < -0.3 is 26.0 Å². The first kappa shape index (κ1) is 19.2. The van der Waals surface area contributed by atoms with Gasteiger partial charge >= 0.3 is 0 Å². The molecular weight excluding hydrogens is 376 g/mol. The lowest BCUT2D eigenvalue weighted by atomic mass is 10.1. The summed E-state index contributed by atoms with van der Waals surface area (Å²) in [6, 6.07) is 9.46. The van der Waals surface area contributed by atoms with Gasteiger partial charge in [0, 0.05) is 18.5 Å². The van der Waals surface area contributed by atoms with Crippen LogP contribution in [0.2, 0.25) is 0 Å². The third kappa shape index (κ3) is 3.53. The number of primary amides is 1. The van der Waals surface area contributed by atoms with Gasteiger partial charge in [-0.2, -0.15) is 5.10 Å². The molecule has 0 spiro atoms. The number of aliphatic hydroxyl groups is 2. The van der Waals surface area contributed by atoms with E-state index < -0.39 is 30.4 Å². The van der Waals surface area contributed by atoms with Crippen LogP contribution in [0.15, 0.2) is 36.7 Å². The van der Waals surface area contributed by atoms with E-state index in [4.69, 9.17) is 10.5 Å². The second-order valence-electron chi connectivity index (χ2n) is 6.94. The van der Waals surface area contributed by atoms with Crippen molar-refractivity contribution in [1.29, 1.82) is 0 Å². The number of carbonyl (C=O) groups excluding carboxylic acids is 1. The van der Waals surface area contributed by atoms with Crippen molar-refractivity contribution in [2.45, 2.75) is 37.9 Å². The van der Waals surface area contributed by atoms with E-state index >= 15 is 0 Å². The van der Waals surface area contributed by atoms with Crippen LogP contribution in [-0.2, 0) is 9.53 Å². The molecule has 4 rings (SSSR count). The lowest BCUT2D eigenvalue weighted by molar-refractivity contribution is -0.117. The van der Waals surface area contributed by atoms with Crippen LogP contribution in [0.1, 0.15) is 19.6 Å². The molecule has 10 nitrogen and oxygen atoms in total. The summed E-state index contributed by atoms with van der Waals surface area (Å²) in [4.78, 5) is 19.7. The number of rotatable bonds is 6. The minimum Gasteiger partial charge on any atom is -0.388 e. The number of ether oxygens (including phenoxy) is 1. The van der Waals surface area contributed by atoms with Crippen LogP contribution in [0.4, 0.5) is 5.82 Å².